The van der Waals surface area contributed by atoms with E-state index in [2.05, 4.69) is 6.92 Å². The molecule has 0 aliphatic carbocycles. The average Bonchev–Trinajstić information content (AvgIpc) is 2.58. The monoisotopic (exact) mass is 248 g/mol. The topological polar surface area (TPSA) is 66.8 Å². The van der Waals surface area contributed by atoms with Crippen molar-refractivity contribution >= 4 is 5.97 Å². The summed E-state index contributed by atoms with van der Waals surface area (Å²) in [5, 5.41) is 19.1. The standard InChI is InChI=1S/C14H16O4/c1-3-4-9-7-8(2)5-6-10(9)13-11(15)12(16)14(17)18-13/h5-7,13,15-16H,3-4H2,1-2H3. The quantitative estimate of drug-likeness (QED) is 0.807. The summed E-state index contributed by atoms with van der Waals surface area (Å²) in [6.07, 6.45) is 0.909. The molecule has 2 rings (SSSR count). The molecule has 0 saturated carbocycles. The van der Waals surface area contributed by atoms with Crippen molar-refractivity contribution in [1.29, 1.82) is 0 Å². The van der Waals surface area contributed by atoms with E-state index in [0.29, 0.717) is 0 Å². The van der Waals surface area contributed by atoms with Crippen molar-refractivity contribution in [2.45, 2.75) is 32.8 Å². The summed E-state index contributed by atoms with van der Waals surface area (Å²) in [6.45, 7) is 4.04. The highest BCUT2D eigenvalue weighted by Crippen LogP contribution is 2.34. The van der Waals surface area contributed by atoms with E-state index in [0.717, 1.165) is 29.5 Å². The van der Waals surface area contributed by atoms with Gasteiger partial charge in [-0.1, -0.05) is 37.1 Å². The first kappa shape index (κ1) is 12.5. The number of aryl methyl sites for hydroxylation is 2. The molecule has 1 heterocycles. The highest BCUT2D eigenvalue weighted by Gasteiger charge is 2.36. The van der Waals surface area contributed by atoms with Crippen LogP contribution in [0.3, 0.4) is 0 Å². The molecule has 4 nitrogen and oxygen atoms in total. The zero-order chi connectivity index (χ0) is 13.3. The van der Waals surface area contributed by atoms with Crippen LogP contribution < -0.4 is 0 Å². The van der Waals surface area contributed by atoms with Crippen molar-refractivity contribution in [2.24, 2.45) is 0 Å². The number of esters is 1. The minimum Gasteiger partial charge on any atom is -0.505 e. The van der Waals surface area contributed by atoms with Gasteiger partial charge >= 0.3 is 5.97 Å². The zero-order valence-electron chi connectivity index (χ0n) is 10.4. The molecule has 1 atom stereocenters. The maximum atomic E-state index is 11.2. The lowest BCUT2D eigenvalue weighted by Crippen LogP contribution is -2.07. The molecule has 0 aromatic heterocycles. The summed E-state index contributed by atoms with van der Waals surface area (Å²) in [6, 6.07) is 5.73. The molecule has 1 aliphatic rings. The first-order valence-corrected chi connectivity index (χ1v) is 5.97. The van der Waals surface area contributed by atoms with Crippen LogP contribution in [0.15, 0.2) is 29.7 Å². The van der Waals surface area contributed by atoms with E-state index >= 15 is 0 Å². The molecule has 18 heavy (non-hydrogen) atoms. The van der Waals surface area contributed by atoms with E-state index in [1.54, 1.807) is 0 Å². The number of hydrogen-bond acceptors (Lipinski definition) is 4. The van der Waals surface area contributed by atoms with Crippen LogP contribution in [0.25, 0.3) is 0 Å². The molecule has 1 aliphatic heterocycles. The van der Waals surface area contributed by atoms with Gasteiger partial charge in [-0.15, -0.1) is 0 Å². The number of ether oxygens (including phenoxy) is 1. The summed E-state index contributed by atoms with van der Waals surface area (Å²) in [7, 11) is 0. The molecule has 0 amide bonds. The lowest BCUT2D eigenvalue weighted by Gasteiger charge is -2.15. The van der Waals surface area contributed by atoms with Gasteiger partial charge < -0.3 is 14.9 Å². The van der Waals surface area contributed by atoms with Crippen molar-refractivity contribution in [2.75, 3.05) is 0 Å². The van der Waals surface area contributed by atoms with Crippen molar-refractivity contribution in [3.63, 3.8) is 0 Å². The summed E-state index contributed by atoms with van der Waals surface area (Å²) >= 11 is 0. The van der Waals surface area contributed by atoms with Crippen molar-refractivity contribution in [3.8, 4) is 0 Å². The number of cyclic esters (lactones) is 1. The Bertz CT molecular complexity index is 517. The molecule has 1 aromatic carbocycles. The minimum absolute atomic E-state index is 0.402. The third-order valence-electron chi connectivity index (χ3n) is 3.01. The molecule has 0 fully saturated rings. The predicted molar refractivity (Wildman–Crippen MR) is 66.3 cm³/mol. The van der Waals surface area contributed by atoms with Crippen LogP contribution >= 0.6 is 0 Å². The number of carbonyl (C=O) groups is 1. The molecule has 4 heteroatoms. The Labute approximate surface area is 106 Å². The average molecular weight is 248 g/mol. The van der Waals surface area contributed by atoms with Gasteiger partial charge in [0.2, 0.25) is 5.76 Å². The summed E-state index contributed by atoms with van der Waals surface area (Å²) in [5.74, 6) is -1.97. The highest BCUT2D eigenvalue weighted by molar-refractivity contribution is 5.89. The maximum absolute atomic E-state index is 11.2. The Kier molecular flexibility index (Phi) is 3.28. The summed E-state index contributed by atoms with van der Waals surface area (Å²) < 4.78 is 4.99. The molecular weight excluding hydrogens is 232 g/mol. The Hall–Kier alpha value is -1.97. The van der Waals surface area contributed by atoms with Crippen LogP contribution in [0.5, 0.6) is 0 Å². The molecule has 1 unspecified atom stereocenters. The molecule has 0 spiro atoms. The van der Waals surface area contributed by atoms with Crippen LogP contribution in [0, 0.1) is 6.92 Å². The zero-order valence-corrected chi connectivity index (χ0v) is 10.4. The van der Waals surface area contributed by atoms with Crippen molar-refractivity contribution in [3.05, 3.63) is 46.4 Å². The number of aliphatic hydroxyl groups excluding tert-OH is 2. The van der Waals surface area contributed by atoms with E-state index in [4.69, 9.17) is 4.74 Å². The molecular formula is C14H16O4. The smallest absolute Gasteiger partial charge is 0.378 e. The van der Waals surface area contributed by atoms with Crippen LogP contribution in [-0.2, 0) is 16.0 Å². The second kappa shape index (κ2) is 4.72. The molecule has 0 radical (unpaired) electrons. The summed E-state index contributed by atoms with van der Waals surface area (Å²) in [4.78, 5) is 11.2. The largest absolute Gasteiger partial charge is 0.505 e. The normalized spacial score (nSPS) is 19.2. The van der Waals surface area contributed by atoms with Gasteiger partial charge in [-0.25, -0.2) is 4.79 Å². The van der Waals surface area contributed by atoms with Gasteiger partial charge in [0.05, 0.1) is 0 Å². The third kappa shape index (κ3) is 2.06. The van der Waals surface area contributed by atoms with Gasteiger partial charge in [0, 0.05) is 5.56 Å². The van der Waals surface area contributed by atoms with E-state index < -0.39 is 23.6 Å². The van der Waals surface area contributed by atoms with Crippen molar-refractivity contribution < 1.29 is 19.7 Å². The molecule has 2 N–H and O–H groups in total. The number of rotatable bonds is 3. The first-order chi connectivity index (χ1) is 8.54. The van der Waals surface area contributed by atoms with E-state index in [1.807, 2.05) is 25.1 Å². The number of aliphatic hydroxyl groups is 2. The highest BCUT2D eigenvalue weighted by atomic mass is 16.6. The Morgan fingerprint density at radius 3 is 2.61 bits per heavy atom. The van der Waals surface area contributed by atoms with Gasteiger partial charge in [0.15, 0.2) is 11.9 Å². The lowest BCUT2D eigenvalue weighted by atomic mass is 9.96. The molecule has 96 valence electrons. The first-order valence-electron chi connectivity index (χ1n) is 5.97. The number of benzene rings is 1. The Morgan fingerprint density at radius 2 is 2.06 bits per heavy atom. The van der Waals surface area contributed by atoms with Crippen LogP contribution in [0.4, 0.5) is 0 Å². The molecule has 0 bridgehead atoms. The Balaban J connectivity index is 2.43. The number of carbonyl (C=O) groups excluding carboxylic acids is 1. The van der Waals surface area contributed by atoms with Crippen LogP contribution in [0.1, 0.15) is 36.1 Å². The van der Waals surface area contributed by atoms with E-state index in [1.165, 1.54) is 0 Å². The second-order valence-electron chi connectivity index (χ2n) is 4.47. The number of hydrogen-bond donors (Lipinski definition) is 2. The minimum atomic E-state index is -0.875. The van der Waals surface area contributed by atoms with Crippen LogP contribution in [0.2, 0.25) is 0 Å². The second-order valence-corrected chi connectivity index (χ2v) is 4.47. The van der Waals surface area contributed by atoms with Crippen LogP contribution in [-0.4, -0.2) is 16.2 Å². The van der Waals surface area contributed by atoms with Gasteiger partial charge in [-0.2, -0.15) is 0 Å². The van der Waals surface area contributed by atoms with Gasteiger partial charge in [-0.05, 0) is 18.9 Å². The van der Waals surface area contributed by atoms with E-state index in [9.17, 15) is 15.0 Å². The summed E-state index contributed by atoms with van der Waals surface area (Å²) in [5.41, 5.74) is 2.87. The van der Waals surface area contributed by atoms with Gasteiger partial charge in [0.25, 0.3) is 0 Å². The third-order valence-corrected chi connectivity index (χ3v) is 3.01. The van der Waals surface area contributed by atoms with Gasteiger partial charge in [-0.3, -0.25) is 0 Å². The molecule has 0 saturated heterocycles. The fraction of sp³-hybridized carbons (Fsp3) is 0.357. The predicted octanol–water partition coefficient (Wildman–Crippen LogP) is 2.87. The Morgan fingerprint density at radius 1 is 1.33 bits per heavy atom. The fourth-order valence-corrected chi connectivity index (χ4v) is 2.13. The lowest BCUT2D eigenvalue weighted by molar-refractivity contribution is -0.142. The SMILES string of the molecule is CCCc1cc(C)ccc1C1OC(=O)C(O)=C1O. The fourth-order valence-electron chi connectivity index (χ4n) is 2.13. The maximum Gasteiger partial charge on any atom is 0.378 e. The molecule has 1 aromatic rings. The van der Waals surface area contributed by atoms with E-state index in [-0.39, 0.29) is 0 Å². The van der Waals surface area contributed by atoms with Crippen molar-refractivity contribution in [1.82, 2.24) is 0 Å². The van der Waals surface area contributed by atoms with Gasteiger partial charge in [0.1, 0.15) is 0 Å².